The lowest BCUT2D eigenvalue weighted by Gasteiger charge is -2.17. The number of aliphatic hydroxyl groups excluding tert-OH is 1. The van der Waals surface area contributed by atoms with Gasteiger partial charge in [0.15, 0.2) is 6.23 Å². The second-order valence-electron chi connectivity index (χ2n) is 6.86. The molecular weight excluding hydrogens is 516 g/mol. The molecule has 0 spiro atoms. The van der Waals surface area contributed by atoms with E-state index in [2.05, 4.69) is 26.6 Å². The lowest BCUT2D eigenvalue weighted by molar-refractivity contribution is 0.0697. The maximum Gasteiger partial charge on any atom is 0.337 e. The molecule has 1 aromatic heterocycles. The van der Waals surface area contributed by atoms with Crippen LogP contribution in [0.3, 0.4) is 0 Å². The van der Waals surface area contributed by atoms with Crippen LogP contribution in [0.15, 0.2) is 71.2 Å². The molecule has 0 bridgehead atoms. The van der Waals surface area contributed by atoms with Gasteiger partial charge in [0.25, 0.3) is 5.91 Å². The highest BCUT2D eigenvalue weighted by Gasteiger charge is 2.18. The van der Waals surface area contributed by atoms with Gasteiger partial charge in [-0.15, -0.1) is 11.3 Å². The van der Waals surface area contributed by atoms with Crippen LogP contribution >= 0.6 is 38.9 Å². The number of amides is 1. The number of hydrogen-bond acceptors (Lipinski definition) is 5. The summed E-state index contributed by atoms with van der Waals surface area (Å²) in [6.07, 6.45) is -1.14. The number of nitrogens with one attached hydrogen (secondary N) is 2. The standard InChI is InChI=1S/C23H16BrClN2O4S/c24-13-7-10-17(16(11-13)23(30)31)27-21(28)12-5-8-14(9-6-12)26-22(29)20-19(25)15-3-1-2-4-18(15)32-20/h1-11,21,27-28H,(H,26,29)(H,30,31). The van der Waals surface area contributed by atoms with Crippen LogP contribution in [0.1, 0.15) is 31.8 Å². The van der Waals surface area contributed by atoms with Crippen LogP contribution in [0.25, 0.3) is 10.1 Å². The molecule has 0 aliphatic carbocycles. The van der Waals surface area contributed by atoms with Crippen LogP contribution < -0.4 is 10.6 Å². The second-order valence-corrected chi connectivity index (χ2v) is 9.21. The molecule has 3 aromatic carbocycles. The van der Waals surface area contributed by atoms with Gasteiger partial charge in [0.2, 0.25) is 0 Å². The predicted molar refractivity (Wildman–Crippen MR) is 131 cm³/mol. The molecule has 1 heterocycles. The number of carbonyl (C=O) groups is 2. The minimum atomic E-state index is -1.14. The summed E-state index contributed by atoms with van der Waals surface area (Å²) in [6.45, 7) is 0. The van der Waals surface area contributed by atoms with Crippen molar-refractivity contribution in [3.05, 3.63) is 92.2 Å². The van der Waals surface area contributed by atoms with E-state index in [1.165, 1.54) is 17.4 Å². The Kier molecular flexibility index (Phi) is 6.48. The fourth-order valence-corrected chi connectivity index (χ4v) is 4.92. The summed E-state index contributed by atoms with van der Waals surface area (Å²) in [5.74, 6) is -1.43. The molecule has 0 radical (unpaired) electrons. The number of hydrogen-bond donors (Lipinski definition) is 4. The molecule has 0 fully saturated rings. The molecule has 1 atom stereocenters. The molecule has 162 valence electrons. The van der Waals surface area contributed by atoms with Gasteiger partial charge in [-0.05, 0) is 36.4 Å². The second kappa shape index (κ2) is 9.30. The fourth-order valence-electron chi connectivity index (χ4n) is 3.15. The molecule has 4 aromatic rings. The Morgan fingerprint density at radius 1 is 1.03 bits per heavy atom. The van der Waals surface area contributed by atoms with Gasteiger partial charge in [-0.2, -0.15) is 0 Å². The average molecular weight is 532 g/mol. The summed E-state index contributed by atoms with van der Waals surface area (Å²) in [5.41, 5.74) is 1.35. The quantitative estimate of drug-likeness (QED) is 0.217. The van der Waals surface area contributed by atoms with E-state index in [1.807, 2.05) is 24.3 Å². The Morgan fingerprint density at radius 3 is 2.44 bits per heavy atom. The molecule has 0 saturated heterocycles. The molecule has 1 unspecified atom stereocenters. The zero-order chi connectivity index (χ0) is 22.8. The number of aromatic carboxylic acids is 1. The highest BCUT2D eigenvalue weighted by atomic mass is 79.9. The largest absolute Gasteiger partial charge is 0.478 e. The Morgan fingerprint density at radius 2 is 1.75 bits per heavy atom. The van der Waals surface area contributed by atoms with Gasteiger partial charge in [0.1, 0.15) is 4.88 Å². The fraction of sp³-hybridized carbons (Fsp3) is 0.0435. The SMILES string of the molecule is O=C(O)c1cc(Br)ccc1NC(O)c1ccc(NC(=O)c2sc3ccccc3c2Cl)cc1. The van der Waals surface area contributed by atoms with Crippen LogP contribution in [0.2, 0.25) is 5.02 Å². The van der Waals surface area contributed by atoms with Crippen LogP contribution in [-0.2, 0) is 0 Å². The number of thiophene rings is 1. The summed E-state index contributed by atoms with van der Waals surface area (Å²) in [7, 11) is 0. The van der Waals surface area contributed by atoms with Gasteiger partial charge < -0.3 is 20.8 Å². The van der Waals surface area contributed by atoms with Crippen molar-refractivity contribution in [2.45, 2.75) is 6.23 Å². The number of carboxylic acids is 1. The van der Waals surface area contributed by atoms with Crippen LogP contribution in [0.5, 0.6) is 0 Å². The van der Waals surface area contributed by atoms with Crippen LogP contribution in [-0.4, -0.2) is 22.1 Å². The number of carbonyl (C=O) groups excluding carboxylic acids is 1. The lowest BCUT2D eigenvalue weighted by Crippen LogP contribution is -2.13. The van der Waals surface area contributed by atoms with Gasteiger partial charge in [-0.25, -0.2) is 4.79 Å². The molecule has 0 saturated carbocycles. The molecule has 0 aliphatic heterocycles. The number of halogens is 2. The van der Waals surface area contributed by atoms with Gasteiger partial charge >= 0.3 is 5.97 Å². The summed E-state index contributed by atoms with van der Waals surface area (Å²) >= 11 is 10.9. The zero-order valence-electron chi connectivity index (χ0n) is 16.3. The first kappa shape index (κ1) is 22.3. The highest BCUT2D eigenvalue weighted by Crippen LogP contribution is 2.35. The van der Waals surface area contributed by atoms with Gasteiger partial charge in [-0.1, -0.05) is 57.9 Å². The Bertz CT molecular complexity index is 1320. The molecule has 1 amide bonds. The number of anilines is 2. The average Bonchev–Trinajstić information content (AvgIpc) is 3.12. The number of benzene rings is 3. The molecule has 6 nitrogen and oxygen atoms in total. The maximum atomic E-state index is 12.7. The monoisotopic (exact) mass is 530 g/mol. The van der Waals surface area contributed by atoms with E-state index >= 15 is 0 Å². The van der Waals surface area contributed by atoms with E-state index in [0.717, 1.165) is 10.1 Å². The molecule has 32 heavy (non-hydrogen) atoms. The van der Waals surface area contributed by atoms with Crippen molar-refractivity contribution in [1.82, 2.24) is 0 Å². The van der Waals surface area contributed by atoms with E-state index in [-0.39, 0.29) is 17.2 Å². The van der Waals surface area contributed by atoms with E-state index in [0.29, 0.717) is 25.6 Å². The summed E-state index contributed by atoms with van der Waals surface area (Å²) in [6, 6.07) is 18.8. The number of rotatable bonds is 6. The number of aliphatic hydroxyl groups is 1. The molecule has 9 heteroatoms. The highest BCUT2D eigenvalue weighted by molar-refractivity contribution is 9.10. The van der Waals surface area contributed by atoms with E-state index < -0.39 is 12.2 Å². The van der Waals surface area contributed by atoms with Crippen molar-refractivity contribution in [3.63, 3.8) is 0 Å². The Hall–Kier alpha value is -2.91. The van der Waals surface area contributed by atoms with Crippen LogP contribution in [0, 0.1) is 0 Å². The van der Waals surface area contributed by atoms with Crippen molar-refractivity contribution in [1.29, 1.82) is 0 Å². The third-order valence-corrected chi connectivity index (χ3v) is 6.90. The molecule has 4 N–H and O–H groups in total. The summed E-state index contributed by atoms with van der Waals surface area (Å²) in [5, 5.41) is 26.7. The Labute approximate surface area is 200 Å². The third kappa shape index (κ3) is 4.63. The first-order chi connectivity index (χ1) is 15.3. The first-order valence-corrected chi connectivity index (χ1v) is 11.4. The van der Waals surface area contributed by atoms with Gasteiger partial charge in [0, 0.05) is 25.8 Å². The summed E-state index contributed by atoms with van der Waals surface area (Å²) < 4.78 is 1.55. The topological polar surface area (TPSA) is 98.7 Å². The van der Waals surface area contributed by atoms with Crippen molar-refractivity contribution in [2.24, 2.45) is 0 Å². The van der Waals surface area contributed by atoms with E-state index in [4.69, 9.17) is 11.6 Å². The number of fused-ring (bicyclic) bond motifs is 1. The maximum absolute atomic E-state index is 12.7. The molecule has 4 rings (SSSR count). The lowest BCUT2D eigenvalue weighted by atomic mass is 10.1. The van der Waals surface area contributed by atoms with Crippen molar-refractivity contribution >= 4 is 72.2 Å². The van der Waals surface area contributed by atoms with Gasteiger partial charge in [-0.3, -0.25) is 4.79 Å². The normalized spacial score (nSPS) is 11.8. The molecule has 0 aliphatic rings. The van der Waals surface area contributed by atoms with Gasteiger partial charge in [0.05, 0.1) is 16.3 Å². The first-order valence-electron chi connectivity index (χ1n) is 9.39. The van der Waals surface area contributed by atoms with Crippen molar-refractivity contribution in [3.8, 4) is 0 Å². The summed E-state index contributed by atoms with van der Waals surface area (Å²) in [4.78, 5) is 24.6. The predicted octanol–water partition coefficient (Wildman–Crippen LogP) is 6.37. The minimum absolute atomic E-state index is 0.0301. The third-order valence-electron chi connectivity index (χ3n) is 4.73. The minimum Gasteiger partial charge on any atom is -0.478 e. The van der Waals surface area contributed by atoms with Crippen molar-refractivity contribution < 1.29 is 19.8 Å². The molecular formula is C23H16BrClN2O4S. The smallest absolute Gasteiger partial charge is 0.337 e. The van der Waals surface area contributed by atoms with Crippen molar-refractivity contribution in [2.75, 3.05) is 10.6 Å². The zero-order valence-corrected chi connectivity index (χ0v) is 19.5. The van der Waals surface area contributed by atoms with E-state index in [1.54, 1.807) is 36.4 Å². The Balaban J connectivity index is 1.47. The van der Waals surface area contributed by atoms with Crippen LogP contribution in [0.4, 0.5) is 11.4 Å². The van der Waals surface area contributed by atoms with E-state index in [9.17, 15) is 19.8 Å². The number of carboxylic acid groups (broad SMARTS) is 1.